The van der Waals surface area contributed by atoms with Crippen LogP contribution in [-0.2, 0) is 21.7 Å². The topological polar surface area (TPSA) is 19.6 Å². The van der Waals surface area contributed by atoms with Gasteiger partial charge in [0.1, 0.15) is 11.2 Å². The van der Waals surface area contributed by atoms with Crippen molar-refractivity contribution in [1.82, 2.24) is 0 Å². The molecule has 1 atom stereocenters. The van der Waals surface area contributed by atoms with Gasteiger partial charge in [-0.2, -0.15) is 0 Å². The van der Waals surface area contributed by atoms with Crippen LogP contribution in [0.1, 0.15) is 94.5 Å². The summed E-state index contributed by atoms with van der Waals surface area (Å²) in [5, 5.41) is 4.74. The molecule has 0 amide bonds. The molecule has 0 saturated carbocycles. The number of rotatable bonds is 9. The highest BCUT2D eigenvalue weighted by Gasteiger charge is 2.54. The van der Waals surface area contributed by atoms with Gasteiger partial charge in [-0.15, -0.1) is 11.3 Å². The van der Waals surface area contributed by atoms with Gasteiger partial charge in [-0.1, -0.05) is 313 Å². The molecule has 0 bridgehead atoms. The number of nitrogens with zero attached hydrogens (tertiary/aromatic N) is 2. The van der Waals surface area contributed by atoms with Crippen LogP contribution in [0.2, 0.25) is 0 Å². The molecule has 26 rings (SSSR count). The van der Waals surface area contributed by atoms with E-state index in [0.29, 0.717) is 0 Å². The molecule has 2 spiro atoms. The van der Waals surface area contributed by atoms with Crippen molar-refractivity contribution in [2.24, 2.45) is 0 Å². The van der Waals surface area contributed by atoms with E-state index in [-0.39, 0.29) is 10.8 Å². The van der Waals surface area contributed by atoms with Crippen molar-refractivity contribution in [3.8, 4) is 100 Å². The Kier molecular flexibility index (Phi) is 13.9. The number of furan rings is 1. The molecule has 6 aliphatic rings. The molecule has 1 unspecified atom stereocenters. The monoisotopic (exact) mass is 1540 g/mol. The van der Waals surface area contributed by atoms with Gasteiger partial charge in [0.25, 0.3) is 0 Å². The van der Waals surface area contributed by atoms with Crippen molar-refractivity contribution in [2.75, 3.05) is 9.80 Å². The molecule has 0 radical (unpaired) electrons. The SMILES string of the molecule is CC1(C)c2ccccc2-c2ccc(N(c3cccc(-c4cccc5c4sc4ccc(-c6ccc7c(c6)-c6ccccc6C76c7ccccc7-c7ccc(N(c8ccc9c(c8)C(C)(C)c8ccccc8-9)c8ccccc8-c8ccc9oc%10ccccc%10c9c8)cc76)cc45)c3)c3ccc4c(c3)C3(c5ccccc5-c5ccccc53)c3ccccc3-4)cc21. The van der Waals surface area contributed by atoms with Gasteiger partial charge in [0.15, 0.2) is 0 Å². The Morgan fingerprint density at radius 3 is 1.13 bits per heavy atom. The third-order valence-electron chi connectivity index (χ3n) is 28.3. The molecule has 562 valence electrons. The summed E-state index contributed by atoms with van der Waals surface area (Å²) in [6.45, 7) is 9.57. The molecule has 20 aromatic rings. The van der Waals surface area contributed by atoms with Gasteiger partial charge in [-0.3, -0.25) is 0 Å². The van der Waals surface area contributed by atoms with E-state index in [0.717, 1.165) is 67.2 Å². The first-order valence-corrected chi connectivity index (χ1v) is 42.9. The fourth-order valence-electron chi connectivity index (χ4n) is 23.0. The molecule has 4 heteroatoms. The molecule has 2 heterocycles. The second-order valence-electron chi connectivity index (χ2n) is 34.8. The highest BCUT2D eigenvalue weighted by molar-refractivity contribution is 7.26. The minimum atomic E-state index is -0.624. The van der Waals surface area contributed by atoms with Crippen LogP contribution in [-0.4, -0.2) is 0 Å². The summed E-state index contributed by atoms with van der Waals surface area (Å²) in [7, 11) is 0. The Balaban J connectivity index is 0.600. The number of para-hydroxylation sites is 2. The highest BCUT2D eigenvalue weighted by Crippen LogP contribution is 2.67. The standard InChI is InChI=1S/C116H76N2OS/c1-113(2)96-38-14-5-28-80(96)87-54-50-74(65-104(87)113)117(75-51-56-89-84-32-9-18-42-100(84)115(106(89)67-75)98-40-16-7-30-82(98)83-31-8-17-41-99(83)115)73-26-23-25-71(61-73)79-36-24-37-92-95-63-70(49-60-111(95)120-112(79)92)69-47-58-103-93(62-69)86-34-11-20-44-102(86)116(103)101-43-19-10-33-85(101)90-57-53-77(68-107(90)116)118(76-52-55-88-81-29-6-15-39-97(81)114(3,4)105(88)66-76)108-45-21-12-27-78(108)72-48-59-110-94(64-72)91-35-13-22-46-109(91)119-110/h5-68H,1-4H3. The van der Waals surface area contributed by atoms with Gasteiger partial charge >= 0.3 is 0 Å². The van der Waals surface area contributed by atoms with E-state index in [2.05, 4.69) is 426 Å². The van der Waals surface area contributed by atoms with E-state index in [4.69, 9.17) is 4.42 Å². The lowest BCUT2D eigenvalue weighted by Crippen LogP contribution is -2.26. The number of anilines is 6. The van der Waals surface area contributed by atoms with Crippen molar-refractivity contribution in [2.45, 2.75) is 49.4 Å². The first-order valence-electron chi connectivity index (χ1n) is 42.1. The van der Waals surface area contributed by atoms with Crippen molar-refractivity contribution >= 4 is 87.6 Å². The predicted octanol–water partition coefficient (Wildman–Crippen LogP) is 31.2. The fraction of sp³-hybridized carbons (Fsp3) is 0.0690. The van der Waals surface area contributed by atoms with E-state index < -0.39 is 10.8 Å². The Hall–Kier alpha value is -14.4. The summed E-state index contributed by atoms with van der Waals surface area (Å²) in [6, 6.07) is 148. The Morgan fingerprint density at radius 2 is 0.575 bits per heavy atom. The summed E-state index contributed by atoms with van der Waals surface area (Å²) in [5.41, 5.74) is 45.3. The van der Waals surface area contributed by atoms with Crippen LogP contribution in [0, 0.1) is 0 Å². The zero-order chi connectivity index (χ0) is 79.2. The molecular formula is C116H76N2OS. The average Bonchev–Trinajstić information content (AvgIpc) is 1.51. The summed E-state index contributed by atoms with van der Waals surface area (Å²) < 4.78 is 8.99. The quantitative estimate of drug-likeness (QED) is 0.144. The number of benzene rings is 18. The van der Waals surface area contributed by atoms with E-state index in [1.165, 1.54) is 176 Å². The molecule has 0 N–H and O–H groups in total. The molecule has 2 aromatic heterocycles. The third kappa shape index (κ3) is 9.02. The summed E-state index contributed by atoms with van der Waals surface area (Å²) in [4.78, 5) is 5.08. The largest absolute Gasteiger partial charge is 0.456 e. The molecule has 0 fully saturated rings. The molecule has 6 aliphatic carbocycles. The van der Waals surface area contributed by atoms with Crippen molar-refractivity contribution in [3.63, 3.8) is 0 Å². The highest BCUT2D eigenvalue weighted by atomic mass is 32.1. The van der Waals surface area contributed by atoms with Crippen LogP contribution in [0.4, 0.5) is 34.1 Å². The van der Waals surface area contributed by atoms with E-state index >= 15 is 0 Å². The van der Waals surface area contributed by atoms with E-state index in [1.54, 1.807) is 0 Å². The van der Waals surface area contributed by atoms with Crippen molar-refractivity contribution < 1.29 is 4.42 Å². The van der Waals surface area contributed by atoms with Gasteiger partial charge in [-0.25, -0.2) is 0 Å². The van der Waals surface area contributed by atoms with Crippen LogP contribution in [0.25, 0.3) is 142 Å². The summed E-state index contributed by atoms with van der Waals surface area (Å²) in [6.07, 6.45) is 0. The van der Waals surface area contributed by atoms with E-state index in [1.807, 2.05) is 11.3 Å². The predicted molar refractivity (Wildman–Crippen MR) is 500 cm³/mol. The van der Waals surface area contributed by atoms with E-state index in [9.17, 15) is 0 Å². The number of hydrogen-bond donors (Lipinski definition) is 0. The van der Waals surface area contributed by atoms with Crippen molar-refractivity contribution in [1.29, 1.82) is 0 Å². The molecule has 0 saturated heterocycles. The maximum Gasteiger partial charge on any atom is 0.135 e. The van der Waals surface area contributed by atoms with Crippen LogP contribution in [0.5, 0.6) is 0 Å². The second-order valence-corrected chi connectivity index (χ2v) is 35.8. The summed E-state index contributed by atoms with van der Waals surface area (Å²) >= 11 is 1.90. The fourth-order valence-corrected chi connectivity index (χ4v) is 24.3. The lowest BCUT2D eigenvalue weighted by Gasteiger charge is -2.33. The number of thiophene rings is 1. The lowest BCUT2D eigenvalue weighted by atomic mass is 9.70. The minimum Gasteiger partial charge on any atom is -0.456 e. The van der Waals surface area contributed by atoms with Gasteiger partial charge < -0.3 is 14.2 Å². The van der Waals surface area contributed by atoms with Crippen LogP contribution < -0.4 is 9.80 Å². The maximum atomic E-state index is 6.45. The van der Waals surface area contributed by atoms with Gasteiger partial charge in [0.05, 0.1) is 16.5 Å². The van der Waals surface area contributed by atoms with Crippen LogP contribution >= 0.6 is 11.3 Å². The lowest BCUT2D eigenvalue weighted by molar-refractivity contribution is 0.660. The number of fused-ring (bicyclic) bond motifs is 32. The zero-order valence-electron chi connectivity index (χ0n) is 66.7. The molecule has 3 nitrogen and oxygen atoms in total. The molecular weight excluding hydrogens is 1470 g/mol. The molecule has 18 aromatic carbocycles. The molecule has 0 aliphatic heterocycles. The third-order valence-corrected chi connectivity index (χ3v) is 29.5. The Morgan fingerprint density at radius 1 is 0.208 bits per heavy atom. The Bertz CT molecular complexity index is 7850. The second kappa shape index (κ2) is 24.6. The van der Waals surface area contributed by atoms with Gasteiger partial charge in [-0.05, 0) is 264 Å². The minimum absolute atomic E-state index is 0.199. The Labute approximate surface area is 701 Å². The normalized spacial score (nSPS) is 15.4. The van der Waals surface area contributed by atoms with Crippen molar-refractivity contribution in [3.05, 3.63) is 455 Å². The first-order chi connectivity index (χ1) is 59.0. The first kappa shape index (κ1) is 67.7. The van der Waals surface area contributed by atoms with Gasteiger partial charge in [0.2, 0.25) is 0 Å². The van der Waals surface area contributed by atoms with Crippen LogP contribution in [0.3, 0.4) is 0 Å². The maximum absolute atomic E-state index is 6.45. The van der Waals surface area contributed by atoms with Crippen LogP contribution in [0.15, 0.2) is 393 Å². The van der Waals surface area contributed by atoms with Gasteiger partial charge in [0, 0.05) is 75.8 Å². The zero-order valence-corrected chi connectivity index (χ0v) is 67.5. The number of hydrogen-bond acceptors (Lipinski definition) is 4. The average molecular weight is 1550 g/mol. The smallest absolute Gasteiger partial charge is 0.135 e. The molecule has 120 heavy (non-hydrogen) atoms. The summed E-state index contributed by atoms with van der Waals surface area (Å²) in [5.74, 6) is 0.